The van der Waals surface area contributed by atoms with Crippen molar-refractivity contribution in [3.8, 4) is 23.8 Å². The quantitative estimate of drug-likeness (QED) is 0.294. The summed E-state index contributed by atoms with van der Waals surface area (Å²) in [4.78, 5) is 8.79. The Bertz CT molecular complexity index is 1430. The third-order valence-corrected chi connectivity index (χ3v) is 5.98. The lowest BCUT2D eigenvalue weighted by Crippen LogP contribution is -2.32. The number of nitrogens with one attached hydrogen (secondary N) is 2. The van der Waals surface area contributed by atoms with Crippen LogP contribution in [0.1, 0.15) is 28.3 Å². The van der Waals surface area contributed by atoms with Gasteiger partial charge >= 0.3 is 0 Å². The minimum absolute atomic E-state index is 0.0307. The van der Waals surface area contributed by atoms with Crippen LogP contribution in [0.15, 0.2) is 41.4 Å². The monoisotopic (exact) mass is 508 g/mol. The number of nitrogen functional groups attached to an aromatic ring is 2. The van der Waals surface area contributed by atoms with E-state index in [-0.39, 0.29) is 35.5 Å². The summed E-state index contributed by atoms with van der Waals surface area (Å²) in [5.74, 6) is 1.33. The maximum atomic E-state index is 9.48. The van der Waals surface area contributed by atoms with E-state index in [0.29, 0.717) is 32.7 Å². The Morgan fingerprint density at radius 1 is 1.11 bits per heavy atom. The van der Waals surface area contributed by atoms with Crippen molar-refractivity contribution < 1.29 is 9.47 Å². The summed E-state index contributed by atoms with van der Waals surface area (Å²) in [6.07, 6.45) is 1.82. The molecular formula is C23H18Cl2N8O2. The van der Waals surface area contributed by atoms with Gasteiger partial charge in [-0.25, -0.2) is 9.98 Å². The Balaban J connectivity index is 1.72. The van der Waals surface area contributed by atoms with Gasteiger partial charge in [0, 0.05) is 5.56 Å². The van der Waals surface area contributed by atoms with Crippen LogP contribution in [0.3, 0.4) is 0 Å². The zero-order chi connectivity index (χ0) is 25.1. The number of nitriles is 2. The van der Waals surface area contributed by atoms with E-state index < -0.39 is 6.04 Å². The van der Waals surface area contributed by atoms with Gasteiger partial charge in [0.25, 0.3) is 0 Å². The summed E-state index contributed by atoms with van der Waals surface area (Å²) >= 11 is 12.1. The van der Waals surface area contributed by atoms with Gasteiger partial charge in [0.05, 0.1) is 22.8 Å². The number of benzene rings is 2. The van der Waals surface area contributed by atoms with E-state index in [0.717, 1.165) is 5.56 Å². The molecule has 0 saturated carbocycles. The number of hydrogen-bond acceptors (Lipinski definition) is 10. The number of halogens is 2. The first-order valence-corrected chi connectivity index (χ1v) is 10.8. The number of ether oxygens (including phenoxy) is 2. The molecule has 0 amide bonds. The maximum Gasteiger partial charge on any atom is 0.211 e. The molecule has 10 nitrogen and oxygen atoms in total. The molecule has 0 saturated heterocycles. The van der Waals surface area contributed by atoms with Crippen molar-refractivity contribution in [2.45, 2.75) is 12.6 Å². The molecule has 0 radical (unpaired) electrons. The van der Waals surface area contributed by atoms with Gasteiger partial charge in [0.1, 0.15) is 35.9 Å². The maximum absolute atomic E-state index is 9.48. The smallest absolute Gasteiger partial charge is 0.211 e. The topological polar surface area (TPSA) is 167 Å². The lowest BCUT2D eigenvalue weighted by atomic mass is 9.95. The largest absolute Gasteiger partial charge is 0.493 e. The molecule has 0 spiro atoms. The second-order valence-electron chi connectivity index (χ2n) is 7.35. The van der Waals surface area contributed by atoms with Crippen LogP contribution in [0, 0.1) is 22.8 Å². The number of anilines is 3. The van der Waals surface area contributed by atoms with Gasteiger partial charge < -0.3 is 26.3 Å². The fourth-order valence-corrected chi connectivity index (χ4v) is 3.91. The van der Waals surface area contributed by atoms with Crippen LogP contribution in [-0.2, 0) is 6.61 Å². The van der Waals surface area contributed by atoms with Crippen molar-refractivity contribution in [2.24, 2.45) is 4.99 Å². The van der Waals surface area contributed by atoms with Crippen LogP contribution >= 0.6 is 23.2 Å². The zero-order valence-corrected chi connectivity index (χ0v) is 19.8. The molecule has 1 aliphatic heterocycles. The summed E-state index contributed by atoms with van der Waals surface area (Å²) < 4.78 is 11.5. The third-order valence-electron chi connectivity index (χ3n) is 5.24. The number of methoxy groups -OCH3 is 1. The van der Waals surface area contributed by atoms with Gasteiger partial charge in [-0.2, -0.15) is 10.5 Å². The van der Waals surface area contributed by atoms with Gasteiger partial charge in [-0.15, -0.1) is 0 Å². The molecule has 1 aromatic heterocycles. The molecule has 0 aliphatic carbocycles. The summed E-state index contributed by atoms with van der Waals surface area (Å²) in [7, 11) is 1.51. The summed E-state index contributed by atoms with van der Waals surface area (Å²) in [6.45, 7) is 0.235. The molecule has 176 valence electrons. The van der Waals surface area contributed by atoms with Gasteiger partial charge in [0.2, 0.25) is 5.96 Å². The van der Waals surface area contributed by atoms with E-state index in [1.807, 2.05) is 18.3 Å². The highest BCUT2D eigenvalue weighted by molar-refractivity contribution is 6.42. The Labute approximate surface area is 210 Å². The van der Waals surface area contributed by atoms with Gasteiger partial charge in [-0.05, 0) is 35.4 Å². The Morgan fingerprint density at radius 3 is 2.60 bits per heavy atom. The zero-order valence-electron chi connectivity index (χ0n) is 18.3. The molecule has 1 aliphatic rings. The molecular weight excluding hydrogens is 491 g/mol. The standard InChI is InChI=1S/C23H18Cl2N8O2/c1-34-17-7-12(3-5-16(17)35-9-11-2-4-14(24)15(25)6-11)20-18-19(28)13(8-26)21(29)32-22(18)33-23(31-20)30-10-27/h2-7,20H,9H2,1H3,(H6,28,29,30,31,32,33). The van der Waals surface area contributed by atoms with Crippen LogP contribution in [0.5, 0.6) is 11.5 Å². The molecule has 6 N–H and O–H groups in total. The number of guanidine groups is 1. The number of aromatic nitrogens is 1. The Kier molecular flexibility index (Phi) is 6.69. The average Bonchev–Trinajstić information content (AvgIpc) is 2.84. The lowest BCUT2D eigenvalue weighted by molar-refractivity contribution is 0.284. The molecule has 1 atom stereocenters. The van der Waals surface area contributed by atoms with Crippen LogP contribution in [0.2, 0.25) is 10.0 Å². The Hall–Kier alpha value is -4.38. The molecule has 3 aromatic rings. The number of fused-ring (bicyclic) bond motifs is 1. The van der Waals surface area contributed by atoms with Crippen LogP contribution in [-0.4, -0.2) is 18.1 Å². The van der Waals surface area contributed by atoms with Crippen LogP contribution < -0.4 is 31.6 Å². The second kappa shape index (κ2) is 9.85. The molecule has 1 unspecified atom stereocenters. The highest BCUT2D eigenvalue weighted by Gasteiger charge is 2.30. The summed E-state index contributed by atoms with van der Waals surface area (Å²) in [5, 5.41) is 24.8. The molecule has 35 heavy (non-hydrogen) atoms. The predicted octanol–water partition coefficient (Wildman–Crippen LogP) is 3.95. The molecule has 0 bridgehead atoms. The lowest BCUT2D eigenvalue weighted by Gasteiger charge is -2.26. The normalized spacial score (nSPS) is 14.0. The Morgan fingerprint density at radius 2 is 1.91 bits per heavy atom. The van der Waals surface area contributed by atoms with Gasteiger partial charge in [-0.3, -0.25) is 5.32 Å². The molecule has 4 rings (SSSR count). The summed E-state index contributed by atoms with van der Waals surface area (Å²) in [5.41, 5.74) is 14.3. The van der Waals surface area contributed by atoms with Crippen molar-refractivity contribution in [1.29, 1.82) is 10.5 Å². The minimum Gasteiger partial charge on any atom is -0.493 e. The van der Waals surface area contributed by atoms with E-state index in [2.05, 4.69) is 20.6 Å². The first-order chi connectivity index (χ1) is 16.9. The third kappa shape index (κ3) is 4.66. The number of nitrogens with zero attached hydrogens (tertiary/aromatic N) is 4. The number of pyridine rings is 1. The van der Waals surface area contributed by atoms with Gasteiger partial charge in [0.15, 0.2) is 17.7 Å². The van der Waals surface area contributed by atoms with E-state index in [4.69, 9.17) is 49.4 Å². The number of rotatable bonds is 5. The van der Waals surface area contributed by atoms with E-state index in [1.165, 1.54) is 7.11 Å². The number of nitrogens with two attached hydrogens (primary N) is 2. The molecule has 12 heteroatoms. The second-order valence-corrected chi connectivity index (χ2v) is 8.16. The average molecular weight is 509 g/mol. The fourth-order valence-electron chi connectivity index (χ4n) is 3.59. The van der Waals surface area contributed by atoms with Crippen molar-refractivity contribution in [1.82, 2.24) is 10.3 Å². The number of hydrogen-bond donors (Lipinski definition) is 4. The van der Waals surface area contributed by atoms with Crippen LogP contribution in [0.25, 0.3) is 0 Å². The number of aliphatic imine (C=N–C) groups is 1. The highest BCUT2D eigenvalue weighted by atomic mass is 35.5. The van der Waals surface area contributed by atoms with Crippen molar-refractivity contribution in [2.75, 3.05) is 23.9 Å². The molecule has 2 aromatic carbocycles. The summed E-state index contributed by atoms with van der Waals surface area (Å²) in [6, 6.07) is 11.7. The van der Waals surface area contributed by atoms with Crippen molar-refractivity contribution in [3.63, 3.8) is 0 Å². The van der Waals surface area contributed by atoms with Crippen molar-refractivity contribution >= 4 is 46.5 Å². The predicted molar refractivity (Wildman–Crippen MR) is 133 cm³/mol. The first-order valence-electron chi connectivity index (χ1n) is 10.1. The SMILES string of the molecule is COc1cc(C2N=C(NC#N)Nc3nc(N)c(C#N)c(N)c32)ccc1OCc1ccc(Cl)c(Cl)c1. The first kappa shape index (κ1) is 23.8. The van der Waals surface area contributed by atoms with E-state index in [9.17, 15) is 5.26 Å². The minimum atomic E-state index is -0.708. The molecule has 0 fully saturated rings. The van der Waals surface area contributed by atoms with E-state index in [1.54, 1.807) is 30.3 Å². The van der Waals surface area contributed by atoms with E-state index >= 15 is 0 Å². The molecule has 2 heterocycles. The van der Waals surface area contributed by atoms with Crippen LogP contribution in [0.4, 0.5) is 17.3 Å². The van der Waals surface area contributed by atoms with Crippen molar-refractivity contribution in [3.05, 3.63) is 68.7 Å². The fraction of sp³-hybridized carbons (Fsp3) is 0.130. The highest BCUT2D eigenvalue weighted by Crippen LogP contribution is 2.42. The van der Waals surface area contributed by atoms with Gasteiger partial charge in [-0.1, -0.05) is 35.3 Å².